The van der Waals surface area contributed by atoms with E-state index in [0.717, 1.165) is 25.1 Å². The molecule has 1 heterocycles. The summed E-state index contributed by atoms with van der Waals surface area (Å²) in [5.41, 5.74) is 0. The van der Waals surface area contributed by atoms with Gasteiger partial charge in [-0.25, -0.2) is 0 Å². The molecule has 0 saturated carbocycles. The van der Waals surface area contributed by atoms with Crippen LogP contribution in [0.5, 0.6) is 5.75 Å². The minimum Gasteiger partial charge on any atom is -0.493 e. The molecule has 0 radical (unpaired) electrons. The zero-order valence-electron chi connectivity index (χ0n) is 11.8. The molecule has 1 saturated heterocycles. The topological polar surface area (TPSA) is 50.4 Å². The first-order valence-corrected chi connectivity index (χ1v) is 6.96. The summed E-state index contributed by atoms with van der Waals surface area (Å²) in [5, 5.41) is 6.45. The van der Waals surface area contributed by atoms with E-state index in [1.807, 2.05) is 30.3 Å². The van der Waals surface area contributed by atoms with Gasteiger partial charge in [-0.3, -0.25) is 4.79 Å². The normalized spacial score (nSPS) is 21.6. The Bertz CT molecular complexity index is 400. The Balaban J connectivity index is 0.00000200. The fourth-order valence-electron chi connectivity index (χ4n) is 2.30. The second kappa shape index (κ2) is 8.82. The fourth-order valence-corrected chi connectivity index (χ4v) is 2.30. The first kappa shape index (κ1) is 16.8. The molecular formula is C15H23ClN2O2. The predicted molar refractivity (Wildman–Crippen MR) is 82.4 cm³/mol. The minimum absolute atomic E-state index is 0. The molecule has 1 aromatic carbocycles. The number of amides is 1. The van der Waals surface area contributed by atoms with Crippen molar-refractivity contribution in [3.05, 3.63) is 30.3 Å². The van der Waals surface area contributed by atoms with Crippen LogP contribution in [0.25, 0.3) is 0 Å². The van der Waals surface area contributed by atoms with Crippen molar-refractivity contribution in [3.63, 3.8) is 0 Å². The van der Waals surface area contributed by atoms with Crippen molar-refractivity contribution in [2.45, 2.75) is 38.3 Å². The van der Waals surface area contributed by atoms with Gasteiger partial charge in [0.05, 0.1) is 13.0 Å². The van der Waals surface area contributed by atoms with Gasteiger partial charge in [0.1, 0.15) is 5.75 Å². The Hall–Kier alpha value is -1.26. The number of carbonyl (C=O) groups excluding carboxylic acids is 1. The summed E-state index contributed by atoms with van der Waals surface area (Å²) in [4.78, 5) is 11.8. The maximum atomic E-state index is 11.8. The van der Waals surface area contributed by atoms with Crippen molar-refractivity contribution in [1.82, 2.24) is 10.6 Å². The molecule has 4 nitrogen and oxygen atoms in total. The maximum absolute atomic E-state index is 11.8. The van der Waals surface area contributed by atoms with Gasteiger partial charge < -0.3 is 15.4 Å². The molecule has 2 atom stereocenters. The lowest BCUT2D eigenvalue weighted by molar-refractivity contribution is -0.122. The van der Waals surface area contributed by atoms with E-state index in [1.54, 1.807) is 0 Å². The molecule has 0 bridgehead atoms. The minimum atomic E-state index is 0. The summed E-state index contributed by atoms with van der Waals surface area (Å²) in [5.74, 6) is 0.875. The Morgan fingerprint density at radius 2 is 2.15 bits per heavy atom. The van der Waals surface area contributed by atoms with E-state index >= 15 is 0 Å². The molecular weight excluding hydrogens is 276 g/mol. The molecule has 1 aliphatic heterocycles. The van der Waals surface area contributed by atoms with E-state index in [9.17, 15) is 4.79 Å². The van der Waals surface area contributed by atoms with E-state index in [0.29, 0.717) is 19.1 Å². The van der Waals surface area contributed by atoms with Crippen LogP contribution in [0.2, 0.25) is 0 Å². The third-order valence-electron chi connectivity index (χ3n) is 3.45. The largest absolute Gasteiger partial charge is 0.493 e. The first-order chi connectivity index (χ1) is 9.25. The van der Waals surface area contributed by atoms with Crippen molar-refractivity contribution in [2.75, 3.05) is 13.2 Å². The number of halogens is 1. The summed E-state index contributed by atoms with van der Waals surface area (Å²) >= 11 is 0. The van der Waals surface area contributed by atoms with Crippen molar-refractivity contribution >= 4 is 18.3 Å². The molecule has 20 heavy (non-hydrogen) atoms. The first-order valence-electron chi connectivity index (χ1n) is 6.96. The van der Waals surface area contributed by atoms with Crippen molar-refractivity contribution < 1.29 is 9.53 Å². The van der Waals surface area contributed by atoms with Gasteiger partial charge in [0.2, 0.25) is 5.91 Å². The van der Waals surface area contributed by atoms with Gasteiger partial charge in [-0.1, -0.05) is 18.2 Å². The number of carbonyl (C=O) groups is 1. The molecule has 1 aromatic rings. The van der Waals surface area contributed by atoms with Gasteiger partial charge in [0.15, 0.2) is 0 Å². The van der Waals surface area contributed by atoms with Crippen LogP contribution in [-0.4, -0.2) is 31.1 Å². The zero-order chi connectivity index (χ0) is 13.5. The second-order valence-corrected chi connectivity index (χ2v) is 4.97. The molecule has 2 unspecified atom stereocenters. The van der Waals surface area contributed by atoms with E-state index in [-0.39, 0.29) is 24.4 Å². The van der Waals surface area contributed by atoms with Crippen LogP contribution >= 0.6 is 12.4 Å². The number of nitrogens with one attached hydrogen (secondary N) is 2. The summed E-state index contributed by atoms with van der Waals surface area (Å²) in [7, 11) is 0. The van der Waals surface area contributed by atoms with Crippen LogP contribution in [0.1, 0.15) is 26.2 Å². The van der Waals surface area contributed by atoms with Crippen molar-refractivity contribution in [1.29, 1.82) is 0 Å². The fraction of sp³-hybridized carbons (Fsp3) is 0.533. The van der Waals surface area contributed by atoms with Crippen molar-refractivity contribution in [2.24, 2.45) is 0 Å². The second-order valence-electron chi connectivity index (χ2n) is 4.97. The molecule has 112 valence electrons. The molecule has 5 heteroatoms. The lowest BCUT2D eigenvalue weighted by atomic mass is 10.00. The Kier molecular flexibility index (Phi) is 7.41. The molecule has 2 rings (SSSR count). The van der Waals surface area contributed by atoms with E-state index in [2.05, 4.69) is 17.6 Å². The highest BCUT2D eigenvalue weighted by molar-refractivity contribution is 5.85. The lowest BCUT2D eigenvalue weighted by Crippen LogP contribution is -2.52. The van der Waals surface area contributed by atoms with E-state index in [4.69, 9.17) is 4.74 Å². The average molecular weight is 299 g/mol. The van der Waals surface area contributed by atoms with E-state index < -0.39 is 0 Å². The van der Waals surface area contributed by atoms with Crippen LogP contribution in [0.4, 0.5) is 0 Å². The summed E-state index contributed by atoms with van der Waals surface area (Å²) < 4.78 is 5.52. The average Bonchev–Trinajstić information content (AvgIpc) is 2.43. The Morgan fingerprint density at radius 3 is 2.85 bits per heavy atom. The van der Waals surface area contributed by atoms with Gasteiger partial charge in [-0.2, -0.15) is 0 Å². The van der Waals surface area contributed by atoms with Crippen LogP contribution < -0.4 is 15.4 Å². The molecule has 1 amide bonds. The Morgan fingerprint density at radius 1 is 1.40 bits per heavy atom. The number of hydrogen-bond acceptors (Lipinski definition) is 3. The number of hydrogen-bond donors (Lipinski definition) is 2. The van der Waals surface area contributed by atoms with Gasteiger partial charge in [-0.05, 0) is 38.4 Å². The molecule has 0 spiro atoms. The third-order valence-corrected chi connectivity index (χ3v) is 3.45. The van der Waals surface area contributed by atoms with Crippen LogP contribution in [0, 0.1) is 0 Å². The van der Waals surface area contributed by atoms with Crippen LogP contribution in [0.15, 0.2) is 30.3 Å². The third kappa shape index (κ3) is 5.39. The summed E-state index contributed by atoms with van der Waals surface area (Å²) in [6.45, 7) is 3.58. The molecule has 0 aromatic heterocycles. The SMILES string of the molecule is CC1NCCCC1NC(=O)CCOc1ccccc1.Cl. The predicted octanol–water partition coefficient (Wildman–Crippen LogP) is 2.13. The number of rotatable bonds is 5. The van der Waals surface area contributed by atoms with Crippen LogP contribution in [-0.2, 0) is 4.79 Å². The number of para-hydroxylation sites is 1. The maximum Gasteiger partial charge on any atom is 0.223 e. The zero-order valence-corrected chi connectivity index (χ0v) is 12.6. The molecule has 1 aliphatic rings. The van der Waals surface area contributed by atoms with Gasteiger partial charge in [-0.15, -0.1) is 12.4 Å². The summed E-state index contributed by atoms with van der Waals surface area (Å²) in [6, 6.07) is 10.2. The standard InChI is InChI=1S/C15H22N2O2.ClH/c1-12-14(8-5-10-16-12)17-15(18)9-11-19-13-6-3-2-4-7-13;/h2-4,6-7,12,14,16H,5,8-11H2,1H3,(H,17,18);1H. The summed E-state index contributed by atoms with van der Waals surface area (Å²) in [6.07, 6.45) is 2.58. The van der Waals surface area contributed by atoms with Crippen molar-refractivity contribution in [3.8, 4) is 5.75 Å². The highest BCUT2D eigenvalue weighted by Crippen LogP contribution is 2.10. The van der Waals surface area contributed by atoms with E-state index in [1.165, 1.54) is 0 Å². The highest BCUT2D eigenvalue weighted by atomic mass is 35.5. The molecule has 0 aliphatic carbocycles. The van der Waals surface area contributed by atoms with Gasteiger partial charge in [0, 0.05) is 12.1 Å². The van der Waals surface area contributed by atoms with Gasteiger partial charge in [0.25, 0.3) is 0 Å². The number of benzene rings is 1. The quantitative estimate of drug-likeness (QED) is 0.875. The number of ether oxygens (including phenoxy) is 1. The molecule has 2 N–H and O–H groups in total. The molecule has 1 fully saturated rings. The monoisotopic (exact) mass is 298 g/mol. The Labute approximate surface area is 126 Å². The lowest BCUT2D eigenvalue weighted by Gasteiger charge is -2.30. The number of piperidine rings is 1. The van der Waals surface area contributed by atoms with Gasteiger partial charge >= 0.3 is 0 Å². The highest BCUT2D eigenvalue weighted by Gasteiger charge is 2.21. The van der Waals surface area contributed by atoms with Crippen LogP contribution in [0.3, 0.4) is 0 Å². The smallest absolute Gasteiger partial charge is 0.223 e.